The maximum atomic E-state index is 6.02. The third-order valence-electron chi connectivity index (χ3n) is 5.89. The summed E-state index contributed by atoms with van der Waals surface area (Å²) in [5.41, 5.74) is 0.396. The Morgan fingerprint density at radius 1 is 1.13 bits per heavy atom. The molecule has 0 N–H and O–H groups in total. The van der Waals surface area contributed by atoms with Crippen molar-refractivity contribution in [3.63, 3.8) is 0 Å². The Morgan fingerprint density at radius 2 is 1.91 bits per heavy atom. The molecule has 1 aromatic heterocycles. The molecule has 5 heteroatoms. The summed E-state index contributed by atoms with van der Waals surface area (Å²) in [5, 5.41) is 0. The fourth-order valence-electron chi connectivity index (χ4n) is 4.03. The highest BCUT2D eigenvalue weighted by Gasteiger charge is 2.44. The Morgan fingerprint density at radius 3 is 2.65 bits per heavy atom. The first-order valence-electron chi connectivity index (χ1n) is 9.03. The van der Waals surface area contributed by atoms with Crippen molar-refractivity contribution >= 4 is 5.95 Å². The van der Waals surface area contributed by atoms with Gasteiger partial charge in [0.05, 0.1) is 13.2 Å². The first-order valence-corrected chi connectivity index (χ1v) is 9.03. The lowest BCUT2D eigenvalue weighted by Gasteiger charge is -2.49. The van der Waals surface area contributed by atoms with Crippen molar-refractivity contribution in [3.8, 4) is 0 Å². The molecule has 126 valence electrons. The van der Waals surface area contributed by atoms with Gasteiger partial charge in [0.2, 0.25) is 5.95 Å². The molecule has 1 spiro atoms. The molecule has 0 aromatic carbocycles. The van der Waals surface area contributed by atoms with Gasteiger partial charge < -0.3 is 14.4 Å². The molecule has 2 saturated heterocycles. The van der Waals surface area contributed by atoms with Gasteiger partial charge in [0.1, 0.15) is 0 Å². The van der Waals surface area contributed by atoms with Gasteiger partial charge in [-0.15, -0.1) is 0 Å². The minimum atomic E-state index is 0.396. The van der Waals surface area contributed by atoms with Gasteiger partial charge in [0.15, 0.2) is 0 Å². The lowest BCUT2D eigenvalue weighted by atomic mass is 9.66. The van der Waals surface area contributed by atoms with Crippen molar-refractivity contribution in [3.05, 3.63) is 18.5 Å². The molecule has 5 nitrogen and oxygen atoms in total. The number of hydrogen-bond donors (Lipinski definition) is 0. The van der Waals surface area contributed by atoms with E-state index in [1.54, 1.807) is 0 Å². The normalized spacial score (nSPS) is 27.3. The Hall–Kier alpha value is -1.20. The zero-order valence-corrected chi connectivity index (χ0v) is 13.8. The van der Waals surface area contributed by atoms with Crippen LogP contribution in [-0.2, 0) is 9.47 Å². The Labute approximate surface area is 138 Å². The monoisotopic (exact) mass is 317 g/mol. The van der Waals surface area contributed by atoms with Crippen LogP contribution in [0.4, 0.5) is 5.95 Å². The van der Waals surface area contributed by atoms with Crippen molar-refractivity contribution in [2.75, 3.05) is 44.4 Å². The molecule has 0 radical (unpaired) electrons. The molecule has 3 fully saturated rings. The van der Waals surface area contributed by atoms with Crippen molar-refractivity contribution in [1.29, 1.82) is 0 Å². The SMILES string of the molecule is c1cnc(N2CCC3(CCOC[C@H]3COCC3CC3)CC2)nc1. The highest BCUT2D eigenvalue weighted by Crippen LogP contribution is 2.45. The summed E-state index contributed by atoms with van der Waals surface area (Å²) in [4.78, 5) is 11.1. The minimum Gasteiger partial charge on any atom is -0.381 e. The Bertz CT molecular complexity index is 498. The van der Waals surface area contributed by atoms with E-state index >= 15 is 0 Å². The van der Waals surface area contributed by atoms with Gasteiger partial charge in [-0.05, 0) is 49.5 Å². The van der Waals surface area contributed by atoms with Crippen molar-refractivity contribution in [1.82, 2.24) is 9.97 Å². The second kappa shape index (κ2) is 6.73. The van der Waals surface area contributed by atoms with Crippen LogP contribution in [0, 0.1) is 17.3 Å². The Kier molecular flexibility index (Phi) is 4.49. The van der Waals surface area contributed by atoms with E-state index in [2.05, 4.69) is 14.9 Å². The maximum Gasteiger partial charge on any atom is 0.225 e. The first-order chi connectivity index (χ1) is 11.4. The summed E-state index contributed by atoms with van der Waals surface area (Å²) in [7, 11) is 0. The van der Waals surface area contributed by atoms with Crippen molar-refractivity contribution in [2.24, 2.45) is 17.3 Å². The first kappa shape index (κ1) is 15.3. The predicted octanol–water partition coefficient (Wildman–Crippen LogP) is 2.53. The number of piperidine rings is 1. The molecule has 1 aliphatic carbocycles. The zero-order chi connectivity index (χ0) is 15.5. The van der Waals surface area contributed by atoms with Crippen LogP contribution in [0.5, 0.6) is 0 Å². The summed E-state index contributed by atoms with van der Waals surface area (Å²) in [6.07, 6.45) is 9.95. The van der Waals surface area contributed by atoms with E-state index < -0.39 is 0 Å². The lowest BCUT2D eigenvalue weighted by molar-refractivity contribution is -0.0872. The van der Waals surface area contributed by atoms with Crippen LogP contribution in [0.1, 0.15) is 32.1 Å². The fraction of sp³-hybridized carbons (Fsp3) is 0.778. The van der Waals surface area contributed by atoms with E-state index in [4.69, 9.17) is 9.47 Å². The lowest BCUT2D eigenvalue weighted by Crippen LogP contribution is -2.49. The van der Waals surface area contributed by atoms with Crippen LogP contribution < -0.4 is 4.90 Å². The second-order valence-electron chi connectivity index (χ2n) is 7.40. The summed E-state index contributed by atoms with van der Waals surface area (Å²) in [6, 6.07) is 1.88. The molecule has 0 bridgehead atoms. The number of anilines is 1. The summed E-state index contributed by atoms with van der Waals surface area (Å²) in [6.45, 7) is 5.69. The maximum absolute atomic E-state index is 6.02. The molecule has 3 heterocycles. The highest BCUT2D eigenvalue weighted by molar-refractivity contribution is 5.29. The van der Waals surface area contributed by atoms with Crippen LogP contribution in [0.15, 0.2) is 18.5 Å². The zero-order valence-electron chi connectivity index (χ0n) is 13.8. The topological polar surface area (TPSA) is 47.5 Å². The van der Waals surface area contributed by atoms with Crippen molar-refractivity contribution in [2.45, 2.75) is 32.1 Å². The molecule has 0 unspecified atom stereocenters. The van der Waals surface area contributed by atoms with Crippen LogP contribution in [0.2, 0.25) is 0 Å². The van der Waals surface area contributed by atoms with Crippen LogP contribution in [0.3, 0.4) is 0 Å². The number of rotatable bonds is 5. The average Bonchev–Trinajstić information content (AvgIpc) is 3.43. The minimum absolute atomic E-state index is 0.396. The molecule has 23 heavy (non-hydrogen) atoms. The third-order valence-corrected chi connectivity index (χ3v) is 5.89. The van der Waals surface area contributed by atoms with E-state index in [-0.39, 0.29) is 0 Å². The quantitative estimate of drug-likeness (QED) is 0.835. The van der Waals surface area contributed by atoms with E-state index in [1.807, 2.05) is 18.5 Å². The Balaban J connectivity index is 1.36. The average molecular weight is 317 g/mol. The number of nitrogens with zero attached hydrogens (tertiary/aromatic N) is 3. The standard InChI is InChI=1S/C18H27N3O2/c1-7-19-17(20-8-1)21-9-4-18(5-10-21)6-11-22-13-16(18)14-23-12-15-2-3-15/h1,7-8,15-16H,2-6,9-14H2/t16-/m0/s1. The summed E-state index contributed by atoms with van der Waals surface area (Å²) >= 11 is 0. The van der Waals surface area contributed by atoms with Crippen LogP contribution in [0.25, 0.3) is 0 Å². The van der Waals surface area contributed by atoms with Crippen LogP contribution in [-0.4, -0.2) is 49.5 Å². The predicted molar refractivity (Wildman–Crippen MR) is 88.4 cm³/mol. The van der Waals surface area contributed by atoms with E-state index in [1.165, 1.54) is 32.1 Å². The van der Waals surface area contributed by atoms with Gasteiger partial charge in [-0.1, -0.05) is 0 Å². The van der Waals surface area contributed by atoms with E-state index in [0.717, 1.165) is 51.4 Å². The van der Waals surface area contributed by atoms with Gasteiger partial charge in [0.25, 0.3) is 0 Å². The number of hydrogen-bond acceptors (Lipinski definition) is 5. The second-order valence-corrected chi connectivity index (χ2v) is 7.40. The van der Waals surface area contributed by atoms with Gasteiger partial charge in [-0.25, -0.2) is 9.97 Å². The molecule has 1 atom stereocenters. The highest BCUT2D eigenvalue weighted by atomic mass is 16.5. The van der Waals surface area contributed by atoms with E-state index in [0.29, 0.717) is 11.3 Å². The van der Waals surface area contributed by atoms with Gasteiger partial charge in [-0.3, -0.25) is 0 Å². The largest absolute Gasteiger partial charge is 0.381 e. The molecule has 1 aromatic rings. The fourth-order valence-corrected chi connectivity index (χ4v) is 4.03. The number of ether oxygens (including phenoxy) is 2. The molecule has 3 aliphatic rings. The smallest absolute Gasteiger partial charge is 0.225 e. The van der Waals surface area contributed by atoms with Gasteiger partial charge in [-0.2, -0.15) is 0 Å². The van der Waals surface area contributed by atoms with Crippen molar-refractivity contribution < 1.29 is 9.47 Å². The van der Waals surface area contributed by atoms with Crippen LogP contribution >= 0.6 is 0 Å². The van der Waals surface area contributed by atoms with Gasteiger partial charge >= 0.3 is 0 Å². The molecule has 2 aliphatic heterocycles. The summed E-state index contributed by atoms with van der Waals surface area (Å²) < 4.78 is 11.8. The third kappa shape index (κ3) is 3.50. The molecule has 4 rings (SSSR count). The molecular formula is C18H27N3O2. The molecule has 1 saturated carbocycles. The van der Waals surface area contributed by atoms with Gasteiger partial charge in [0, 0.05) is 44.6 Å². The number of aromatic nitrogens is 2. The summed E-state index contributed by atoms with van der Waals surface area (Å²) in [5.74, 6) is 2.26. The van der Waals surface area contributed by atoms with E-state index in [9.17, 15) is 0 Å². The molecular weight excluding hydrogens is 290 g/mol. The molecule has 0 amide bonds.